The molecule has 0 aromatic carbocycles. The van der Waals surface area contributed by atoms with Gasteiger partial charge in [0.25, 0.3) is 0 Å². The summed E-state index contributed by atoms with van der Waals surface area (Å²) >= 11 is 0. The van der Waals surface area contributed by atoms with Crippen molar-refractivity contribution in [2.45, 2.75) is 37.8 Å². The van der Waals surface area contributed by atoms with Gasteiger partial charge in [0, 0.05) is 38.8 Å². The van der Waals surface area contributed by atoms with E-state index in [4.69, 9.17) is 4.74 Å². The fraction of sp³-hybridized carbons (Fsp3) is 1.00. The van der Waals surface area contributed by atoms with Crippen molar-refractivity contribution in [3.05, 3.63) is 0 Å². The summed E-state index contributed by atoms with van der Waals surface area (Å²) in [5.74, 6) is 0.841. The van der Waals surface area contributed by atoms with Gasteiger partial charge in [0.05, 0.1) is 19.3 Å². The molecule has 2 aliphatic heterocycles. The smallest absolute Gasteiger partial charge is 0.0594 e. The SMILES string of the molecule is OC1CC(N(CCN2CCOCC2)CC2CCNCC2)C1. The largest absolute Gasteiger partial charge is 0.393 e. The Labute approximate surface area is 128 Å². The maximum atomic E-state index is 9.63. The standard InChI is InChI=1S/C16H31N3O2/c20-16-11-15(12-16)19(13-14-1-3-17-4-2-14)6-5-18-7-9-21-10-8-18/h14-17,20H,1-13H2. The van der Waals surface area contributed by atoms with Crippen molar-refractivity contribution in [2.24, 2.45) is 5.92 Å². The van der Waals surface area contributed by atoms with Gasteiger partial charge in [-0.1, -0.05) is 0 Å². The molecule has 0 aromatic rings. The molecule has 3 aliphatic rings. The Morgan fingerprint density at radius 2 is 1.86 bits per heavy atom. The molecule has 2 heterocycles. The monoisotopic (exact) mass is 297 g/mol. The third-order valence-corrected chi connectivity index (χ3v) is 5.36. The number of nitrogens with one attached hydrogen (secondary N) is 1. The van der Waals surface area contributed by atoms with Gasteiger partial charge in [0.1, 0.15) is 0 Å². The van der Waals surface area contributed by atoms with E-state index in [9.17, 15) is 5.11 Å². The fourth-order valence-corrected chi connectivity index (χ4v) is 3.77. The average Bonchev–Trinajstić information content (AvgIpc) is 2.50. The number of piperidine rings is 1. The van der Waals surface area contributed by atoms with Crippen molar-refractivity contribution in [1.29, 1.82) is 0 Å². The van der Waals surface area contributed by atoms with Gasteiger partial charge in [-0.05, 0) is 44.7 Å². The minimum absolute atomic E-state index is 0.0473. The van der Waals surface area contributed by atoms with E-state index < -0.39 is 0 Å². The van der Waals surface area contributed by atoms with Crippen molar-refractivity contribution in [1.82, 2.24) is 15.1 Å². The van der Waals surface area contributed by atoms with E-state index in [1.165, 1.54) is 32.5 Å². The summed E-state index contributed by atoms with van der Waals surface area (Å²) in [6, 6.07) is 0.621. The van der Waals surface area contributed by atoms with Crippen molar-refractivity contribution >= 4 is 0 Å². The van der Waals surface area contributed by atoms with Gasteiger partial charge in [0.2, 0.25) is 0 Å². The molecule has 5 nitrogen and oxygen atoms in total. The summed E-state index contributed by atoms with van der Waals surface area (Å²) in [6.07, 6.45) is 4.53. The van der Waals surface area contributed by atoms with Crippen molar-refractivity contribution in [3.8, 4) is 0 Å². The van der Waals surface area contributed by atoms with E-state index in [0.717, 1.165) is 58.2 Å². The van der Waals surface area contributed by atoms with Gasteiger partial charge >= 0.3 is 0 Å². The second-order valence-electron chi connectivity index (χ2n) is 6.92. The Bertz CT molecular complexity index is 298. The van der Waals surface area contributed by atoms with E-state index >= 15 is 0 Å². The van der Waals surface area contributed by atoms with Crippen LogP contribution in [0.25, 0.3) is 0 Å². The van der Waals surface area contributed by atoms with Crippen LogP contribution in [-0.2, 0) is 4.74 Å². The average molecular weight is 297 g/mol. The second-order valence-corrected chi connectivity index (χ2v) is 6.92. The first kappa shape index (κ1) is 15.7. The maximum absolute atomic E-state index is 9.63. The van der Waals surface area contributed by atoms with Gasteiger partial charge in [-0.25, -0.2) is 0 Å². The Kier molecular flexibility index (Phi) is 5.89. The molecule has 2 saturated heterocycles. The molecule has 122 valence electrons. The zero-order valence-corrected chi connectivity index (χ0v) is 13.2. The fourth-order valence-electron chi connectivity index (χ4n) is 3.77. The zero-order chi connectivity index (χ0) is 14.5. The number of rotatable bonds is 6. The lowest BCUT2D eigenvalue weighted by Crippen LogP contribution is -2.52. The van der Waals surface area contributed by atoms with Crippen molar-refractivity contribution in [3.63, 3.8) is 0 Å². The third-order valence-electron chi connectivity index (χ3n) is 5.36. The summed E-state index contributed by atoms with van der Waals surface area (Å²) in [4.78, 5) is 5.19. The Hall–Kier alpha value is -0.200. The van der Waals surface area contributed by atoms with Crippen LogP contribution in [0.5, 0.6) is 0 Å². The lowest BCUT2D eigenvalue weighted by molar-refractivity contribution is -0.0164. The van der Waals surface area contributed by atoms with E-state index in [1.807, 2.05) is 0 Å². The van der Waals surface area contributed by atoms with Gasteiger partial charge in [0.15, 0.2) is 0 Å². The first-order valence-electron chi connectivity index (χ1n) is 8.74. The highest BCUT2D eigenvalue weighted by atomic mass is 16.5. The van der Waals surface area contributed by atoms with Crippen LogP contribution < -0.4 is 5.32 Å². The number of aliphatic hydroxyl groups excluding tert-OH is 1. The summed E-state index contributed by atoms with van der Waals surface area (Å²) in [7, 11) is 0. The molecule has 0 unspecified atom stereocenters. The summed E-state index contributed by atoms with van der Waals surface area (Å²) in [5.41, 5.74) is 0. The predicted octanol–water partition coefficient (Wildman–Crippen LogP) is 0.144. The number of nitrogens with zero attached hydrogens (tertiary/aromatic N) is 2. The molecule has 3 fully saturated rings. The quantitative estimate of drug-likeness (QED) is 0.730. The number of morpholine rings is 1. The van der Waals surface area contributed by atoms with E-state index in [-0.39, 0.29) is 6.10 Å². The summed E-state index contributed by atoms with van der Waals surface area (Å²) in [6.45, 7) is 9.81. The molecule has 0 radical (unpaired) electrons. The molecule has 0 atom stereocenters. The maximum Gasteiger partial charge on any atom is 0.0594 e. The number of hydrogen-bond donors (Lipinski definition) is 2. The van der Waals surface area contributed by atoms with Crippen LogP contribution in [-0.4, -0.2) is 86.1 Å². The molecule has 0 bridgehead atoms. The first-order valence-corrected chi connectivity index (χ1v) is 8.74. The number of ether oxygens (including phenoxy) is 1. The molecule has 0 spiro atoms. The van der Waals surface area contributed by atoms with Gasteiger partial charge < -0.3 is 15.2 Å². The number of aliphatic hydroxyl groups is 1. The van der Waals surface area contributed by atoms with Crippen LogP contribution in [0.1, 0.15) is 25.7 Å². The molecule has 5 heteroatoms. The van der Waals surface area contributed by atoms with Crippen LogP contribution >= 0.6 is 0 Å². The highest BCUT2D eigenvalue weighted by molar-refractivity contribution is 4.89. The normalized spacial score (nSPS) is 32.3. The highest BCUT2D eigenvalue weighted by Crippen LogP contribution is 2.27. The minimum Gasteiger partial charge on any atom is -0.393 e. The van der Waals surface area contributed by atoms with Crippen LogP contribution in [0.15, 0.2) is 0 Å². The first-order chi connectivity index (χ1) is 10.3. The highest BCUT2D eigenvalue weighted by Gasteiger charge is 2.33. The molecular weight excluding hydrogens is 266 g/mol. The van der Waals surface area contributed by atoms with Crippen LogP contribution in [0, 0.1) is 5.92 Å². The summed E-state index contributed by atoms with van der Waals surface area (Å²) in [5, 5.41) is 13.1. The molecule has 0 amide bonds. The lowest BCUT2D eigenvalue weighted by atomic mass is 9.86. The molecule has 2 N–H and O–H groups in total. The van der Waals surface area contributed by atoms with E-state index in [2.05, 4.69) is 15.1 Å². The second kappa shape index (κ2) is 7.88. The molecule has 1 aliphatic carbocycles. The van der Waals surface area contributed by atoms with Crippen LogP contribution in [0.4, 0.5) is 0 Å². The Balaban J connectivity index is 1.46. The topological polar surface area (TPSA) is 48.0 Å². The van der Waals surface area contributed by atoms with Crippen LogP contribution in [0.3, 0.4) is 0 Å². The molecule has 21 heavy (non-hydrogen) atoms. The van der Waals surface area contributed by atoms with E-state index in [0.29, 0.717) is 6.04 Å². The summed E-state index contributed by atoms with van der Waals surface area (Å²) < 4.78 is 5.43. The Morgan fingerprint density at radius 1 is 1.14 bits per heavy atom. The molecular formula is C16H31N3O2. The van der Waals surface area contributed by atoms with E-state index in [1.54, 1.807) is 0 Å². The van der Waals surface area contributed by atoms with Gasteiger partial charge in [-0.3, -0.25) is 9.80 Å². The van der Waals surface area contributed by atoms with Crippen LogP contribution in [0.2, 0.25) is 0 Å². The Morgan fingerprint density at radius 3 is 2.52 bits per heavy atom. The van der Waals surface area contributed by atoms with Gasteiger partial charge in [-0.2, -0.15) is 0 Å². The number of hydrogen-bond acceptors (Lipinski definition) is 5. The van der Waals surface area contributed by atoms with Crippen molar-refractivity contribution in [2.75, 3.05) is 59.0 Å². The molecule has 3 rings (SSSR count). The van der Waals surface area contributed by atoms with Gasteiger partial charge in [-0.15, -0.1) is 0 Å². The lowest BCUT2D eigenvalue weighted by Gasteiger charge is -2.43. The van der Waals surface area contributed by atoms with Crippen molar-refractivity contribution < 1.29 is 9.84 Å². The molecule has 0 aromatic heterocycles. The zero-order valence-electron chi connectivity index (χ0n) is 13.2. The minimum atomic E-state index is -0.0473. The third kappa shape index (κ3) is 4.63. The molecule has 1 saturated carbocycles. The predicted molar refractivity (Wildman–Crippen MR) is 83.5 cm³/mol.